The van der Waals surface area contributed by atoms with Crippen LogP contribution in [-0.4, -0.2) is 100 Å². The minimum absolute atomic E-state index is 0. The first-order chi connectivity index (χ1) is 4.00. The van der Waals surface area contributed by atoms with E-state index in [1.807, 2.05) is 0 Å². The van der Waals surface area contributed by atoms with E-state index in [1.54, 1.807) is 0 Å². The molecule has 0 heterocycles. The van der Waals surface area contributed by atoms with Crippen LogP contribution >= 0.6 is 0 Å². The first-order valence-corrected chi connectivity index (χ1v) is 4.00. The van der Waals surface area contributed by atoms with Gasteiger partial charge in [0.25, 0.3) is 0 Å². The molecule has 12 heavy (non-hydrogen) atoms. The van der Waals surface area contributed by atoms with E-state index >= 15 is 0 Å². The van der Waals surface area contributed by atoms with Gasteiger partial charge in [0.1, 0.15) is 0 Å². The summed E-state index contributed by atoms with van der Waals surface area (Å²) in [5.41, 5.74) is 0. The number of hydrogen-bond donors (Lipinski definition) is 0. The van der Waals surface area contributed by atoms with Crippen molar-refractivity contribution in [3.05, 3.63) is 0 Å². The van der Waals surface area contributed by atoms with Crippen molar-refractivity contribution in [2.75, 3.05) is 0 Å². The van der Waals surface area contributed by atoms with Gasteiger partial charge in [0.15, 0.2) is 0 Å². The van der Waals surface area contributed by atoms with Crippen LogP contribution in [-0.2, 0) is 20.8 Å². The molecule has 0 aromatic carbocycles. The molecule has 0 aliphatic rings. The molecule has 0 saturated carbocycles. The summed E-state index contributed by atoms with van der Waals surface area (Å²) in [6.45, 7) is 0. The fourth-order valence-corrected chi connectivity index (χ4v) is 0. The van der Waals surface area contributed by atoms with Crippen molar-refractivity contribution in [2.45, 2.75) is 0 Å². The van der Waals surface area contributed by atoms with E-state index in [0.717, 1.165) is 0 Å². The van der Waals surface area contributed by atoms with Gasteiger partial charge in [0.05, 0.1) is 0 Å². The average molecular weight is 439 g/mol. The fourth-order valence-electron chi connectivity index (χ4n) is 0. The van der Waals surface area contributed by atoms with Crippen LogP contribution in [0.4, 0.5) is 0 Å². The van der Waals surface area contributed by atoms with Gasteiger partial charge in [-0.15, -0.1) is 0 Å². The van der Waals surface area contributed by atoms with Crippen molar-refractivity contribution in [1.82, 2.24) is 0 Å². The third-order valence-corrected chi connectivity index (χ3v) is 0. The molecule has 0 atom stereocenters. The summed E-state index contributed by atoms with van der Waals surface area (Å²) in [5, 5.41) is 0. The van der Waals surface area contributed by atoms with Crippen molar-refractivity contribution < 1.29 is 35.0 Å². The zero-order valence-corrected chi connectivity index (χ0v) is 13.0. The minimum Gasteiger partial charge on any atom is -0.759 e. The van der Waals surface area contributed by atoms with Gasteiger partial charge in [0, 0.05) is 20.8 Å². The van der Waals surface area contributed by atoms with E-state index in [-0.39, 0.29) is 65.0 Å². The minimum atomic E-state index is -5.17. The topological polar surface area (TPSA) is 161 Å². The third-order valence-electron chi connectivity index (χ3n) is 0. The first kappa shape index (κ1) is 23.6. The van der Waals surface area contributed by atoms with Gasteiger partial charge in [-0.1, -0.05) is 0 Å². The summed E-state index contributed by atoms with van der Waals surface area (Å²) < 4.78 is 68.2. The van der Waals surface area contributed by atoms with Crippen molar-refractivity contribution in [3.8, 4) is 0 Å². The van der Waals surface area contributed by atoms with E-state index in [1.165, 1.54) is 0 Å². The van der Waals surface area contributed by atoms with Crippen LogP contribution in [0.5, 0.6) is 0 Å². The molecular formula is CaO8PbS2. The summed E-state index contributed by atoms with van der Waals surface area (Å²) in [6.07, 6.45) is 0. The maximum absolute atomic E-state index is 8.52. The summed E-state index contributed by atoms with van der Waals surface area (Å²) in [7, 11) is -10.3. The summed E-state index contributed by atoms with van der Waals surface area (Å²) >= 11 is 0. The van der Waals surface area contributed by atoms with E-state index in [4.69, 9.17) is 35.0 Å². The van der Waals surface area contributed by atoms with E-state index in [2.05, 4.69) is 0 Å². The average Bonchev–Trinajstić information content (AvgIpc) is 1.12. The largest absolute Gasteiger partial charge is 2.00 e. The smallest absolute Gasteiger partial charge is 0.759 e. The van der Waals surface area contributed by atoms with Gasteiger partial charge in [-0.25, -0.2) is 0 Å². The normalized spacial score (nSPS) is 9.67. The van der Waals surface area contributed by atoms with E-state index in [0.29, 0.717) is 0 Å². The van der Waals surface area contributed by atoms with Crippen molar-refractivity contribution in [2.24, 2.45) is 0 Å². The number of hydrogen-bond acceptors (Lipinski definition) is 8. The second-order valence-electron chi connectivity index (χ2n) is 0.816. The maximum atomic E-state index is 8.52. The molecule has 0 aromatic heterocycles. The van der Waals surface area contributed by atoms with Crippen LogP contribution in [0.1, 0.15) is 0 Å². The fraction of sp³-hybridized carbons (Fsp3) is 0. The predicted octanol–water partition coefficient (Wildman–Crippen LogP) is -3.44. The molecule has 0 saturated heterocycles. The zero-order chi connectivity index (χ0) is 9.00. The van der Waals surface area contributed by atoms with Crippen molar-refractivity contribution >= 4 is 85.8 Å². The third kappa shape index (κ3) is 385. The quantitative estimate of drug-likeness (QED) is 0.214. The van der Waals surface area contributed by atoms with Crippen LogP contribution in [0.25, 0.3) is 0 Å². The van der Waals surface area contributed by atoms with Gasteiger partial charge in [-0.05, 0) is 0 Å². The second kappa shape index (κ2) is 9.48. The molecule has 0 spiro atoms. The number of rotatable bonds is 0. The van der Waals surface area contributed by atoms with Crippen LogP contribution in [0.2, 0.25) is 0 Å². The van der Waals surface area contributed by atoms with Gasteiger partial charge in [0.2, 0.25) is 0 Å². The molecule has 0 rings (SSSR count). The van der Waals surface area contributed by atoms with E-state index < -0.39 is 20.8 Å². The SMILES string of the molecule is O=S(=O)([O-])[O-].O=S(=O)([O-])[O-].[Ca+2].[Pb+2]. The Balaban J connectivity index is -0.0000000457. The second-order valence-corrected chi connectivity index (χ2v) is 2.45. The molecule has 12 heteroatoms. The van der Waals surface area contributed by atoms with Crippen LogP contribution < -0.4 is 0 Å². The standard InChI is InChI=1S/Ca.2H2O4S.Pb/c;2*1-5(2,3)4;/h;2*(H2,1,2,3,4);/q+2;;;+2/p-4. The molecule has 0 aliphatic carbocycles. The summed E-state index contributed by atoms with van der Waals surface area (Å²) in [4.78, 5) is 0. The van der Waals surface area contributed by atoms with Crippen molar-refractivity contribution in [1.29, 1.82) is 0 Å². The van der Waals surface area contributed by atoms with Gasteiger partial charge >= 0.3 is 65.0 Å². The molecular weight excluding hydrogens is 439 g/mol. The Hall–Kier alpha value is 1.92. The van der Waals surface area contributed by atoms with Gasteiger partial charge in [-0.3, -0.25) is 16.8 Å². The van der Waals surface area contributed by atoms with Crippen molar-refractivity contribution in [3.63, 3.8) is 0 Å². The van der Waals surface area contributed by atoms with E-state index in [9.17, 15) is 0 Å². The predicted molar refractivity (Wildman–Crippen MR) is 32.5 cm³/mol. The molecule has 0 aliphatic heterocycles. The molecule has 66 valence electrons. The molecule has 8 nitrogen and oxygen atoms in total. The maximum Gasteiger partial charge on any atom is 2.00 e. The zero-order valence-electron chi connectivity index (χ0n) is 5.29. The molecule has 2 radical (unpaired) electrons. The summed E-state index contributed by atoms with van der Waals surface area (Å²) in [5.74, 6) is 0. The van der Waals surface area contributed by atoms with Gasteiger partial charge < -0.3 is 18.2 Å². The monoisotopic (exact) mass is 440 g/mol. The summed E-state index contributed by atoms with van der Waals surface area (Å²) in [6, 6.07) is 0. The Bertz CT molecular complexity index is 213. The Morgan fingerprint density at radius 1 is 0.667 bits per heavy atom. The Morgan fingerprint density at radius 2 is 0.667 bits per heavy atom. The Kier molecular flexibility index (Phi) is 18.6. The van der Waals surface area contributed by atoms with Gasteiger partial charge in [-0.2, -0.15) is 0 Å². The molecule has 0 N–H and O–H groups in total. The molecule has 0 aromatic rings. The Morgan fingerprint density at radius 3 is 0.667 bits per heavy atom. The van der Waals surface area contributed by atoms with Crippen LogP contribution in [0.3, 0.4) is 0 Å². The van der Waals surface area contributed by atoms with Crippen LogP contribution in [0.15, 0.2) is 0 Å². The molecule has 0 fully saturated rings. The molecule has 0 amide bonds. The first-order valence-electron chi connectivity index (χ1n) is 1.33. The molecule has 0 unspecified atom stereocenters. The van der Waals surface area contributed by atoms with Crippen LogP contribution in [0, 0.1) is 0 Å². The molecule has 0 bridgehead atoms. The Labute approximate surface area is 119 Å².